The van der Waals surface area contributed by atoms with Gasteiger partial charge in [0.05, 0.1) is 29.6 Å². The number of rotatable bonds is 6. The number of aromatic nitrogens is 3. The molecule has 4 rings (SSSR count). The van der Waals surface area contributed by atoms with E-state index in [4.69, 9.17) is 0 Å². The van der Waals surface area contributed by atoms with Gasteiger partial charge in [-0.15, -0.1) is 5.10 Å². The zero-order chi connectivity index (χ0) is 24.1. The Morgan fingerprint density at radius 2 is 1.59 bits per heavy atom. The van der Waals surface area contributed by atoms with Gasteiger partial charge < -0.3 is 10.6 Å². The lowest BCUT2D eigenvalue weighted by molar-refractivity contribution is -0.137. The van der Waals surface area contributed by atoms with Crippen molar-refractivity contribution in [3.8, 4) is 0 Å². The van der Waals surface area contributed by atoms with Crippen LogP contribution in [0.4, 0.5) is 24.5 Å². The smallest absolute Gasteiger partial charge is 0.322 e. The Morgan fingerprint density at radius 1 is 0.853 bits per heavy atom. The molecule has 0 bridgehead atoms. The van der Waals surface area contributed by atoms with E-state index in [1.165, 1.54) is 35.1 Å². The zero-order valence-electron chi connectivity index (χ0n) is 17.6. The third-order valence-corrected chi connectivity index (χ3v) is 4.83. The lowest BCUT2D eigenvalue weighted by Gasteiger charge is -2.12. The molecule has 0 atom stereocenters. The van der Waals surface area contributed by atoms with E-state index in [-0.39, 0.29) is 22.6 Å². The fraction of sp³-hybridized carbons (Fsp3) is 0.0833. The van der Waals surface area contributed by atoms with Crippen molar-refractivity contribution in [1.29, 1.82) is 0 Å². The highest BCUT2D eigenvalue weighted by Gasteiger charge is 2.30. The highest BCUT2D eigenvalue weighted by molar-refractivity contribution is 6.12. The molecular formula is C24H18F3N5O2. The minimum atomic E-state index is -4.54. The van der Waals surface area contributed by atoms with Crippen LogP contribution in [0.3, 0.4) is 0 Å². The summed E-state index contributed by atoms with van der Waals surface area (Å²) in [5.74, 6) is -1.26. The predicted molar refractivity (Wildman–Crippen MR) is 119 cm³/mol. The van der Waals surface area contributed by atoms with Crippen molar-refractivity contribution in [3.05, 3.63) is 107 Å². The molecule has 0 unspecified atom stereocenters. The van der Waals surface area contributed by atoms with Crippen molar-refractivity contribution in [2.75, 3.05) is 10.6 Å². The highest BCUT2D eigenvalue weighted by atomic mass is 19.4. The van der Waals surface area contributed by atoms with Gasteiger partial charge in [-0.05, 0) is 35.9 Å². The van der Waals surface area contributed by atoms with Gasteiger partial charge >= 0.3 is 6.18 Å². The van der Waals surface area contributed by atoms with Crippen LogP contribution >= 0.6 is 0 Å². The number of anilines is 2. The van der Waals surface area contributed by atoms with E-state index < -0.39 is 23.6 Å². The molecule has 7 nitrogen and oxygen atoms in total. The van der Waals surface area contributed by atoms with Crippen LogP contribution in [-0.2, 0) is 12.7 Å². The number of nitrogens with zero attached hydrogens (tertiary/aromatic N) is 3. The molecule has 1 heterocycles. The minimum Gasteiger partial charge on any atom is -0.322 e. The summed E-state index contributed by atoms with van der Waals surface area (Å²) in [5, 5.41) is 12.9. The second-order valence-electron chi connectivity index (χ2n) is 7.32. The normalized spacial score (nSPS) is 11.1. The molecule has 0 saturated heterocycles. The number of carbonyl (C=O) groups excluding carboxylic acids is 2. The minimum absolute atomic E-state index is 0.0233. The Kier molecular flexibility index (Phi) is 6.39. The van der Waals surface area contributed by atoms with Gasteiger partial charge in [0.15, 0.2) is 5.69 Å². The van der Waals surface area contributed by atoms with Gasteiger partial charge in [0.25, 0.3) is 11.8 Å². The average molecular weight is 465 g/mol. The van der Waals surface area contributed by atoms with E-state index in [1.54, 1.807) is 12.1 Å². The summed E-state index contributed by atoms with van der Waals surface area (Å²) in [6, 6.07) is 19.9. The summed E-state index contributed by atoms with van der Waals surface area (Å²) in [6.07, 6.45) is -3.06. The van der Waals surface area contributed by atoms with E-state index in [0.29, 0.717) is 6.54 Å². The summed E-state index contributed by atoms with van der Waals surface area (Å²) < 4.78 is 40.4. The molecular weight excluding hydrogens is 447 g/mol. The third kappa shape index (κ3) is 5.47. The van der Waals surface area contributed by atoms with Crippen molar-refractivity contribution >= 4 is 23.2 Å². The van der Waals surface area contributed by atoms with Gasteiger partial charge in [0.2, 0.25) is 0 Å². The van der Waals surface area contributed by atoms with Gasteiger partial charge in [-0.25, -0.2) is 4.68 Å². The molecule has 0 aliphatic heterocycles. The number of hydrogen-bond donors (Lipinski definition) is 2. The second-order valence-corrected chi connectivity index (χ2v) is 7.32. The molecule has 1 aromatic heterocycles. The quantitative estimate of drug-likeness (QED) is 0.426. The van der Waals surface area contributed by atoms with Gasteiger partial charge in [-0.1, -0.05) is 53.7 Å². The Balaban J connectivity index is 1.47. The van der Waals surface area contributed by atoms with Crippen LogP contribution in [0.25, 0.3) is 0 Å². The summed E-state index contributed by atoms with van der Waals surface area (Å²) in [4.78, 5) is 25.4. The van der Waals surface area contributed by atoms with Crippen LogP contribution in [0.5, 0.6) is 0 Å². The molecule has 2 N–H and O–H groups in total. The molecule has 3 aromatic carbocycles. The molecule has 4 aromatic rings. The van der Waals surface area contributed by atoms with Crippen LogP contribution in [0, 0.1) is 0 Å². The molecule has 172 valence electrons. The van der Waals surface area contributed by atoms with E-state index in [9.17, 15) is 22.8 Å². The SMILES string of the molecule is O=C(Nc1ccccc1C(=O)Nc1cccc(C(F)(F)F)c1)c1cn(Cc2ccccc2)nn1. The fourth-order valence-electron chi connectivity index (χ4n) is 3.20. The van der Waals surface area contributed by atoms with Crippen molar-refractivity contribution < 1.29 is 22.8 Å². The van der Waals surface area contributed by atoms with Crippen LogP contribution < -0.4 is 10.6 Å². The Bertz CT molecular complexity index is 1320. The van der Waals surface area contributed by atoms with Crippen LogP contribution in [0.15, 0.2) is 85.1 Å². The first kappa shape index (κ1) is 22.7. The predicted octanol–water partition coefficient (Wildman–Crippen LogP) is 4.85. The Labute approximate surface area is 192 Å². The topological polar surface area (TPSA) is 88.9 Å². The second kappa shape index (κ2) is 9.57. The molecule has 10 heteroatoms. The number of benzene rings is 3. The van der Waals surface area contributed by atoms with Crippen LogP contribution in [0.1, 0.15) is 32.0 Å². The number of para-hydroxylation sites is 1. The average Bonchev–Trinajstić information content (AvgIpc) is 3.28. The summed E-state index contributed by atoms with van der Waals surface area (Å²) in [7, 11) is 0. The lowest BCUT2D eigenvalue weighted by Crippen LogP contribution is -2.18. The van der Waals surface area contributed by atoms with Gasteiger partial charge in [-0.3, -0.25) is 9.59 Å². The Morgan fingerprint density at radius 3 is 2.35 bits per heavy atom. The van der Waals surface area contributed by atoms with Crippen molar-refractivity contribution in [2.24, 2.45) is 0 Å². The standard InChI is InChI=1S/C24H18F3N5O2/c25-24(26,27)17-9-6-10-18(13-17)28-22(33)19-11-4-5-12-20(19)29-23(34)21-15-32(31-30-21)14-16-7-2-1-3-8-16/h1-13,15H,14H2,(H,28,33)(H,29,34). The monoisotopic (exact) mass is 465 g/mol. The van der Waals surface area contributed by atoms with Crippen LogP contribution in [0.2, 0.25) is 0 Å². The number of nitrogens with one attached hydrogen (secondary N) is 2. The van der Waals surface area contributed by atoms with E-state index in [1.807, 2.05) is 30.3 Å². The molecule has 0 spiro atoms. The Hall–Kier alpha value is -4.47. The van der Waals surface area contributed by atoms with Crippen molar-refractivity contribution in [3.63, 3.8) is 0 Å². The van der Waals surface area contributed by atoms with Crippen LogP contribution in [-0.4, -0.2) is 26.8 Å². The van der Waals surface area contributed by atoms with Gasteiger partial charge in [0, 0.05) is 5.69 Å². The highest BCUT2D eigenvalue weighted by Crippen LogP contribution is 2.31. The first-order valence-electron chi connectivity index (χ1n) is 10.1. The number of halogens is 3. The first-order valence-corrected chi connectivity index (χ1v) is 10.1. The lowest BCUT2D eigenvalue weighted by atomic mass is 10.1. The fourth-order valence-corrected chi connectivity index (χ4v) is 3.20. The summed E-state index contributed by atoms with van der Waals surface area (Å²) in [5.41, 5.74) is 0.370. The molecule has 2 amide bonds. The van der Waals surface area contributed by atoms with E-state index >= 15 is 0 Å². The molecule has 0 aliphatic carbocycles. The van der Waals surface area contributed by atoms with E-state index in [0.717, 1.165) is 17.7 Å². The maximum atomic E-state index is 12.9. The molecule has 0 saturated carbocycles. The number of amides is 2. The third-order valence-electron chi connectivity index (χ3n) is 4.83. The van der Waals surface area contributed by atoms with Gasteiger partial charge in [-0.2, -0.15) is 13.2 Å². The maximum absolute atomic E-state index is 12.9. The molecule has 0 radical (unpaired) electrons. The largest absolute Gasteiger partial charge is 0.416 e. The number of carbonyl (C=O) groups is 2. The van der Waals surface area contributed by atoms with E-state index in [2.05, 4.69) is 20.9 Å². The number of hydrogen-bond acceptors (Lipinski definition) is 4. The first-order chi connectivity index (χ1) is 16.3. The molecule has 0 aliphatic rings. The maximum Gasteiger partial charge on any atom is 0.416 e. The zero-order valence-corrected chi connectivity index (χ0v) is 17.6. The summed E-state index contributed by atoms with van der Waals surface area (Å²) >= 11 is 0. The van der Waals surface area contributed by atoms with Crippen molar-refractivity contribution in [2.45, 2.75) is 12.7 Å². The summed E-state index contributed by atoms with van der Waals surface area (Å²) in [6.45, 7) is 0.428. The van der Waals surface area contributed by atoms with Crippen molar-refractivity contribution in [1.82, 2.24) is 15.0 Å². The van der Waals surface area contributed by atoms with Gasteiger partial charge in [0.1, 0.15) is 0 Å². The number of alkyl halides is 3. The molecule has 0 fully saturated rings. The molecule has 34 heavy (non-hydrogen) atoms.